The number of benzene rings is 3. The van der Waals surface area contributed by atoms with Gasteiger partial charge in [0.1, 0.15) is 11.0 Å². The predicted octanol–water partition coefficient (Wildman–Crippen LogP) is 4.82. The molecule has 212 valence electrons. The van der Waals surface area contributed by atoms with Crippen molar-refractivity contribution in [3.63, 3.8) is 0 Å². The molecule has 1 fully saturated rings. The highest BCUT2D eigenvalue weighted by atomic mass is 32.2. The molecule has 1 aliphatic rings. The van der Waals surface area contributed by atoms with E-state index in [1.165, 1.54) is 18.9 Å². The quantitative estimate of drug-likeness (QED) is 0.342. The second-order valence-electron chi connectivity index (χ2n) is 8.86. The van der Waals surface area contributed by atoms with E-state index in [0.717, 1.165) is 5.56 Å². The Hall–Kier alpha value is -4.64. The molecule has 2 amide bonds. The number of thioether (sulfide) groups is 1. The fourth-order valence-corrected chi connectivity index (χ4v) is 5.13. The predicted molar refractivity (Wildman–Crippen MR) is 155 cm³/mol. The minimum Gasteiger partial charge on any atom is -0.497 e. The maximum atomic E-state index is 13.5. The van der Waals surface area contributed by atoms with Crippen LogP contribution >= 0.6 is 11.8 Å². The van der Waals surface area contributed by atoms with Gasteiger partial charge >= 0.3 is 11.9 Å². The van der Waals surface area contributed by atoms with Gasteiger partial charge in [0.2, 0.25) is 11.8 Å². The SMILES string of the molecule is CCOC(=O)c1ccc(N=C2SC(CC(=O)Nc3ccc(C(=O)OC)cc3)C(=O)N2Cc2ccc(OC)cc2)cc1. The minimum absolute atomic E-state index is 0.0812. The Morgan fingerprint density at radius 3 is 2.15 bits per heavy atom. The molecule has 11 heteroatoms. The van der Waals surface area contributed by atoms with Gasteiger partial charge < -0.3 is 19.5 Å². The van der Waals surface area contributed by atoms with E-state index in [4.69, 9.17) is 14.2 Å². The zero-order valence-corrected chi connectivity index (χ0v) is 23.6. The molecule has 0 bridgehead atoms. The van der Waals surface area contributed by atoms with Gasteiger partial charge in [-0.3, -0.25) is 14.5 Å². The van der Waals surface area contributed by atoms with E-state index in [1.54, 1.807) is 67.5 Å². The van der Waals surface area contributed by atoms with Crippen molar-refractivity contribution in [3.05, 3.63) is 89.5 Å². The molecular weight excluding hydrogens is 546 g/mol. The van der Waals surface area contributed by atoms with Crippen LogP contribution in [-0.4, -0.2) is 59.9 Å². The van der Waals surface area contributed by atoms with E-state index in [0.29, 0.717) is 33.4 Å². The van der Waals surface area contributed by atoms with Gasteiger partial charge in [0, 0.05) is 12.1 Å². The molecular formula is C30H29N3O7S. The van der Waals surface area contributed by atoms with Crippen LogP contribution in [0.3, 0.4) is 0 Å². The summed E-state index contributed by atoms with van der Waals surface area (Å²) in [6.45, 7) is 2.26. The molecule has 1 atom stereocenters. The lowest BCUT2D eigenvalue weighted by molar-refractivity contribution is -0.128. The van der Waals surface area contributed by atoms with Crippen molar-refractivity contribution in [1.29, 1.82) is 0 Å². The fraction of sp³-hybridized carbons (Fsp3) is 0.233. The third kappa shape index (κ3) is 7.52. The molecule has 1 heterocycles. The number of esters is 2. The average Bonchev–Trinajstić information content (AvgIpc) is 3.26. The van der Waals surface area contributed by atoms with Crippen LogP contribution in [0.15, 0.2) is 77.8 Å². The molecule has 4 rings (SSSR count). The zero-order valence-electron chi connectivity index (χ0n) is 22.8. The maximum Gasteiger partial charge on any atom is 0.338 e. The summed E-state index contributed by atoms with van der Waals surface area (Å²) in [6.07, 6.45) is -0.0812. The highest BCUT2D eigenvalue weighted by molar-refractivity contribution is 8.15. The van der Waals surface area contributed by atoms with Crippen LogP contribution in [0.25, 0.3) is 0 Å². The Balaban J connectivity index is 1.52. The summed E-state index contributed by atoms with van der Waals surface area (Å²) in [5.41, 5.74) is 2.65. The lowest BCUT2D eigenvalue weighted by atomic mass is 10.2. The number of aliphatic imine (C=N–C) groups is 1. The lowest BCUT2D eigenvalue weighted by Crippen LogP contribution is -2.33. The maximum absolute atomic E-state index is 13.5. The van der Waals surface area contributed by atoms with Crippen molar-refractivity contribution >= 4 is 52.1 Å². The van der Waals surface area contributed by atoms with Gasteiger partial charge in [-0.25, -0.2) is 14.6 Å². The van der Waals surface area contributed by atoms with E-state index in [-0.39, 0.29) is 31.4 Å². The number of carbonyl (C=O) groups excluding carboxylic acids is 4. The van der Waals surface area contributed by atoms with Crippen molar-refractivity contribution in [2.24, 2.45) is 4.99 Å². The zero-order chi connectivity index (χ0) is 29.4. The smallest absolute Gasteiger partial charge is 0.338 e. The summed E-state index contributed by atoms with van der Waals surface area (Å²) >= 11 is 1.20. The van der Waals surface area contributed by atoms with Crippen molar-refractivity contribution in [3.8, 4) is 5.75 Å². The van der Waals surface area contributed by atoms with Gasteiger partial charge in [-0.05, 0) is 73.2 Å². The van der Waals surface area contributed by atoms with E-state index in [1.807, 2.05) is 24.3 Å². The molecule has 1 N–H and O–H groups in total. The van der Waals surface area contributed by atoms with Gasteiger partial charge in [0.15, 0.2) is 5.17 Å². The Bertz CT molecular complexity index is 1440. The van der Waals surface area contributed by atoms with Crippen LogP contribution in [0.5, 0.6) is 5.75 Å². The number of amides is 2. The van der Waals surface area contributed by atoms with Crippen LogP contribution in [0.2, 0.25) is 0 Å². The fourth-order valence-electron chi connectivity index (χ4n) is 3.97. The van der Waals surface area contributed by atoms with Gasteiger partial charge in [-0.2, -0.15) is 0 Å². The van der Waals surface area contributed by atoms with E-state index in [2.05, 4.69) is 10.3 Å². The topological polar surface area (TPSA) is 124 Å². The first-order chi connectivity index (χ1) is 19.8. The highest BCUT2D eigenvalue weighted by Gasteiger charge is 2.39. The molecule has 10 nitrogen and oxygen atoms in total. The second-order valence-corrected chi connectivity index (χ2v) is 10.0. The van der Waals surface area contributed by atoms with Crippen LogP contribution in [0.4, 0.5) is 11.4 Å². The van der Waals surface area contributed by atoms with Crippen LogP contribution in [0, 0.1) is 0 Å². The summed E-state index contributed by atoms with van der Waals surface area (Å²) in [7, 11) is 2.87. The van der Waals surface area contributed by atoms with E-state index in [9.17, 15) is 19.2 Å². The number of hydrogen-bond acceptors (Lipinski definition) is 9. The molecule has 1 saturated heterocycles. The number of carbonyl (C=O) groups is 4. The van der Waals surface area contributed by atoms with Crippen LogP contribution < -0.4 is 10.1 Å². The number of nitrogens with zero attached hydrogens (tertiary/aromatic N) is 2. The molecule has 41 heavy (non-hydrogen) atoms. The van der Waals surface area contributed by atoms with E-state index >= 15 is 0 Å². The molecule has 0 aliphatic carbocycles. The molecule has 0 radical (unpaired) electrons. The Labute approximate surface area is 241 Å². The van der Waals surface area contributed by atoms with Crippen molar-refractivity contribution in [1.82, 2.24) is 4.90 Å². The first-order valence-electron chi connectivity index (χ1n) is 12.8. The molecule has 0 aromatic heterocycles. The molecule has 0 saturated carbocycles. The first-order valence-corrected chi connectivity index (χ1v) is 13.6. The Kier molecular flexibility index (Phi) is 9.75. The van der Waals surface area contributed by atoms with Crippen molar-refractivity contribution in [2.45, 2.75) is 25.1 Å². The van der Waals surface area contributed by atoms with Gasteiger partial charge in [0.05, 0.1) is 44.2 Å². The number of anilines is 1. The van der Waals surface area contributed by atoms with Gasteiger partial charge in [-0.15, -0.1) is 0 Å². The normalized spacial score (nSPS) is 15.5. The lowest BCUT2D eigenvalue weighted by Gasteiger charge is -2.17. The Morgan fingerprint density at radius 2 is 1.54 bits per heavy atom. The van der Waals surface area contributed by atoms with Crippen LogP contribution in [-0.2, 0) is 25.6 Å². The van der Waals surface area contributed by atoms with Gasteiger partial charge in [0.25, 0.3) is 0 Å². The number of nitrogens with one attached hydrogen (secondary N) is 1. The number of rotatable bonds is 10. The third-order valence-electron chi connectivity index (χ3n) is 6.08. The molecule has 0 spiro atoms. The number of ether oxygens (including phenoxy) is 3. The summed E-state index contributed by atoms with van der Waals surface area (Å²) < 4.78 is 14.9. The largest absolute Gasteiger partial charge is 0.497 e. The monoisotopic (exact) mass is 575 g/mol. The third-order valence-corrected chi connectivity index (χ3v) is 7.26. The Morgan fingerprint density at radius 1 is 0.902 bits per heavy atom. The number of amidine groups is 1. The molecule has 3 aromatic rings. The van der Waals surface area contributed by atoms with Crippen molar-refractivity contribution in [2.75, 3.05) is 26.1 Å². The summed E-state index contributed by atoms with van der Waals surface area (Å²) in [5, 5.41) is 2.52. The first kappa shape index (κ1) is 29.3. The van der Waals surface area contributed by atoms with Gasteiger partial charge in [-0.1, -0.05) is 23.9 Å². The van der Waals surface area contributed by atoms with E-state index < -0.39 is 17.2 Å². The molecule has 1 aliphatic heterocycles. The number of methoxy groups -OCH3 is 2. The minimum atomic E-state index is -0.694. The summed E-state index contributed by atoms with van der Waals surface area (Å²) in [4.78, 5) is 56.2. The standard InChI is InChI=1S/C30H29N3O7S/c1-4-40-29(37)21-9-13-23(14-10-21)32-30-33(18-19-5-15-24(38-2)16-6-19)27(35)25(41-30)17-26(34)31-22-11-7-20(8-12-22)28(36)39-3/h5-16,25H,4,17-18H2,1-3H3,(H,31,34). The van der Waals surface area contributed by atoms with Crippen molar-refractivity contribution < 1.29 is 33.4 Å². The molecule has 3 aromatic carbocycles. The molecule has 1 unspecified atom stereocenters. The highest BCUT2D eigenvalue weighted by Crippen LogP contribution is 2.33. The average molecular weight is 576 g/mol. The number of hydrogen-bond donors (Lipinski definition) is 1. The second kappa shape index (κ2) is 13.6. The summed E-state index contributed by atoms with van der Waals surface area (Å²) in [6, 6.07) is 20.2. The summed E-state index contributed by atoms with van der Waals surface area (Å²) in [5.74, 6) is -0.810. The van der Waals surface area contributed by atoms with Crippen LogP contribution in [0.1, 0.15) is 39.6 Å².